The Labute approximate surface area is 200 Å². The summed E-state index contributed by atoms with van der Waals surface area (Å²) in [4.78, 5) is 33.2. The van der Waals surface area contributed by atoms with Gasteiger partial charge in [-0.2, -0.15) is 0 Å². The Bertz CT molecular complexity index is 1190. The standard InChI is InChI=1S/C26H34N4O4/c1-6-8-11-16-30(26(32)28-21-15-14-18(33-4)17-23(21)34-5)22(7-2)24-27-20-13-10-9-12-19(20)25(31)29(24)3/h9-10,12-15,17,22H,6-8,11,16H2,1-5H3,(H,28,32). The number of fused-ring (bicyclic) bond motifs is 1. The van der Waals surface area contributed by atoms with Gasteiger partial charge in [-0.05, 0) is 37.1 Å². The zero-order chi connectivity index (χ0) is 24.7. The third-order valence-corrected chi connectivity index (χ3v) is 5.99. The van der Waals surface area contributed by atoms with E-state index in [9.17, 15) is 9.59 Å². The highest BCUT2D eigenvalue weighted by molar-refractivity contribution is 5.91. The van der Waals surface area contributed by atoms with Gasteiger partial charge < -0.3 is 19.7 Å². The van der Waals surface area contributed by atoms with Crippen LogP contribution in [0.15, 0.2) is 47.3 Å². The molecule has 1 unspecified atom stereocenters. The largest absolute Gasteiger partial charge is 0.497 e. The van der Waals surface area contributed by atoms with Crippen LogP contribution in [-0.4, -0.2) is 41.2 Å². The van der Waals surface area contributed by atoms with Gasteiger partial charge >= 0.3 is 6.03 Å². The van der Waals surface area contributed by atoms with Crippen molar-refractivity contribution < 1.29 is 14.3 Å². The molecule has 3 rings (SSSR count). The van der Waals surface area contributed by atoms with Crippen molar-refractivity contribution in [3.05, 3.63) is 58.6 Å². The van der Waals surface area contributed by atoms with Gasteiger partial charge in [-0.1, -0.05) is 38.8 Å². The van der Waals surface area contributed by atoms with Crippen LogP contribution in [0.2, 0.25) is 0 Å². The van der Waals surface area contributed by atoms with Gasteiger partial charge in [0.05, 0.1) is 36.9 Å². The van der Waals surface area contributed by atoms with E-state index in [-0.39, 0.29) is 17.6 Å². The third-order valence-electron chi connectivity index (χ3n) is 5.99. The molecule has 0 fully saturated rings. The molecular weight excluding hydrogens is 432 g/mol. The number of carbonyl (C=O) groups is 1. The number of hydrogen-bond donors (Lipinski definition) is 1. The Morgan fingerprint density at radius 3 is 2.56 bits per heavy atom. The van der Waals surface area contributed by atoms with Crippen LogP contribution in [-0.2, 0) is 7.05 Å². The van der Waals surface area contributed by atoms with Crippen LogP contribution in [0.3, 0.4) is 0 Å². The number of carbonyl (C=O) groups excluding carboxylic acids is 1. The molecule has 1 aromatic heterocycles. The van der Waals surface area contributed by atoms with E-state index >= 15 is 0 Å². The normalized spacial score (nSPS) is 11.8. The molecule has 34 heavy (non-hydrogen) atoms. The van der Waals surface area contributed by atoms with Crippen molar-refractivity contribution >= 4 is 22.6 Å². The first-order valence-corrected chi connectivity index (χ1v) is 11.7. The quantitative estimate of drug-likeness (QED) is 0.419. The molecule has 8 heteroatoms. The number of unbranched alkanes of at least 4 members (excludes halogenated alkanes) is 2. The molecule has 0 aliphatic rings. The second-order valence-corrected chi connectivity index (χ2v) is 8.17. The van der Waals surface area contributed by atoms with Crippen LogP contribution in [0.4, 0.5) is 10.5 Å². The van der Waals surface area contributed by atoms with E-state index in [0.717, 1.165) is 19.3 Å². The van der Waals surface area contributed by atoms with Gasteiger partial charge in [-0.25, -0.2) is 9.78 Å². The minimum absolute atomic E-state index is 0.121. The average molecular weight is 467 g/mol. The summed E-state index contributed by atoms with van der Waals surface area (Å²) in [7, 11) is 4.84. The van der Waals surface area contributed by atoms with Gasteiger partial charge in [0.2, 0.25) is 0 Å². The smallest absolute Gasteiger partial charge is 0.322 e. The Morgan fingerprint density at radius 2 is 1.88 bits per heavy atom. The Hall–Kier alpha value is -3.55. The molecule has 8 nitrogen and oxygen atoms in total. The van der Waals surface area contributed by atoms with Crippen LogP contribution in [0.25, 0.3) is 10.9 Å². The molecule has 1 atom stereocenters. The fraction of sp³-hybridized carbons (Fsp3) is 0.423. The number of nitrogens with one attached hydrogen (secondary N) is 1. The average Bonchev–Trinajstić information content (AvgIpc) is 2.86. The predicted molar refractivity (Wildman–Crippen MR) is 135 cm³/mol. The summed E-state index contributed by atoms with van der Waals surface area (Å²) in [5.74, 6) is 1.71. The SMILES string of the molecule is CCCCCN(C(=O)Nc1ccc(OC)cc1OC)C(CC)c1nc2ccccc2c(=O)n1C. The summed E-state index contributed by atoms with van der Waals surface area (Å²) >= 11 is 0. The molecule has 182 valence electrons. The van der Waals surface area contributed by atoms with Crippen LogP contribution in [0.5, 0.6) is 11.5 Å². The van der Waals surface area contributed by atoms with E-state index in [1.807, 2.05) is 25.1 Å². The van der Waals surface area contributed by atoms with Gasteiger partial charge in [0, 0.05) is 19.7 Å². The molecule has 0 bridgehead atoms. The fourth-order valence-electron chi connectivity index (χ4n) is 4.10. The summed E-state index contributed by atoms with van der Waals surface area (Å²) in [6.45, 7) is 4.66. The van der Waals surface area contributed by atoms with Crippen molar-refractivity contribution in [1.29, 1.82) is 0 Å². The monoisotopic (exact) mass is 466 g/mol. The number of rotatable bonds is 10. The summed E-state index contributed by atoms with van der Waals surface area (Å²) in [6.07, 6.45) is 3.49. The van der Waals surface area contributed by atoms with Crippen LogP contribution >= 0.6 is 0 Å². The maximum absolute atomic E-state index is 13.6. The highest BCUT2D eigenvalue weighted by Gasteiger charge is 2.28. The number of para-hydroxylation sites is 1. The molecule has 0 aliphatic carbocycles. The Kier molecular flexibility index (Phi) is 8.51. The van der Waals surface area contributed by atoms with Gasteiger partial charge in [0.25, 0.3) is 5.56 Å². The van der Waals surface area contributed by atoms with Crippen LogP contribution < -0.4 is 20.3 Å². The van der Waals surface area contributed by atoms with Crippen LogP contribution in [0, 0.1) is 0 Å². The highest BCUT2D eigenvalue weighted by atomic mass is 16.5. The summed E-state index contributed by atoms with van der Waals surface area (Å²) < 4.78 is 12.3. The molecule has 0 saturated carbocycles. The first-order chi connectivity index (χ1) is 16.4. The zero-order valence-corrected chi connectivity index (χ0v) is 20.6. The molecule has 2 aromatic carbocycles. The second-order valence-electron chi connectivity index (χ2n) is 8.17. The lowest BCUT2D eigenvalue weighted by Gasteiger charge is -2.32. The summed E-state index contributed by atoms with van der Waals surface area (Å²) in [6, 6.07) is 11.9. The van der Waals surface area contributed by atoms with Crippen molar-refractivity contribution in [1.82, 2.24) is 14.5 Å². The molecule has 2 amide bonds. The van der Waals surface area contributed by atoms with Gasteiger partial charge in [-0.15, -0.1) is 0 Å². The van der Waals surface area contributed by atoms with Gasteiger partial charge in [0.15, 0.2) is 0 Å². The van der Waals surface area contributed by atoms with E-state index < -0.39 is 0 Å². The molecule has 0 aliphatic heterocycles. The van der Waals surface area contributed by atoms with E-state index in [1.54, 1.807) is 55.0 Å². The minimum atomic E-state index is -0.372. The molecule has 0 saturated heterocycles. The number of aromatic nitrogens is 2. The first-order valence-electron chi connectivity index (χ1n) is 11.7. The lowest BCUT2D eigenvalue weighted by molar-refractivity contribution is 0.178. The number of amides is 2. The number of hydrogen-bond acceptors (Lipinski definition) is 5. The fourth-order valence-corrected chi connectivity index (χ4v) is 4.10. The lowest BCUT2D eigenvalue weighted by atomic mass is 10.1. The van der Waals surface area contributed by atoms with Crippen molar-refractivity contribution in [2.75, 3.05) is 26.1 Å². The summed E-state index contributed by atoms with van der Waals surface area (Å²) in [5.41, 5.74) is 1.05. The van der Waals surface area contributed by atoms with Crippen molar-refractivity contribution in [3.63, 3.8) is 0 Å². The van der Waals surface area contributed by atoms with Crippen LogP contribution in [0.1, 0.15) is 51.4 Å². The minimum Gasteiger partial charge on any atom is -0.497 e. The second kappa shape index (κ2) is 11.5. The van der Waals surface area contributed by atoms with Crippen molar-refractivity contribution in [3.8, 4) is 11.5 Å². The molecule has 1 heterocycles. The highest BCUT2D eigenvalue weighted by Crippen LogP contribution is 2.31. The molecule has 0 spiro atoms. The number of methoxy groups -OCH3 is 2. The molecule has 0 radical (unpaired) electrons. The maximum atomic E-state index is 13.6. The predicted octanol–water partition coefficient (Wildman–Crippen LogP) is 5.13. The van der Waals surface area contributed by atoms with Crippen molar-refractivity contribution in [2.24, 2.45) is 7.05 Å². The molecule has 3 aromatic rings. The number of nitrogens with zero attached hydrogens (tertiary/aromatic N) is 3. The summed E-state index contributed by atoms with van der Waals surface area (Å²) in [5, 5.41) is 3.55. The number of urea groups is 1. The number of ether oxygens (including phenoxy) is 2. The van der Waals surface area contributed by atoms with E-state index in [4.69, 9.17) is 14.5 Å². The van der Waals surface area contributed by atoms with E-state index in [1.165, 1.54) is 0 Å². The van der Waals surface area contributed by atoms with E-state index in [2.05, 4.69) is 12.2 Å². The lowest BCUT2D eigenvalue weighted by Crippen LogP contribution is -2.41. The van der Waals surface area contributed by atoms with Crippen molar-refractivity contribution in [2.45, 2.75) is 45.6 Å². The van der Waals surface area contributed by atoms with Gasteiger partial charge in [-0.3, -0.25) is 9.36 Å². The zero-order valence-electron chi connectivity index (χ0n) is 20.6. The molecular formula is C26H34N4O4. The van der Waals surface area contributed by atoms with E-state index in [0.29, 0.717) is 46.9 Å². The Balaban J connectivity index is 2.00. The first kappa shape index (κ1) is 25.1. The Morgan fingerprint density at radius 1 is 1.12 bits per heavy atom. The maximum Gasteiger partial charge on any atom is 0.322 e. The topological polar surface area (TPSA) is 85.7 Å². The third kappa shape index (κ3) is 5.32. The molecule has 1 N–H and O–H groups in total. The number of anilines is 1. The van der Waals surface area contributed by atoms with Gasteiger partial charge in [0.1, 0.15) is 17.3 Å². The number of benzene rings is 2.